The predicted octanol–water partition coefficient (Wildman–Crippen LogP) is 1.58. The van der Waals surface area contributed by atoms with E-state index in [-0.39, 0.29) is 6.03 Å². The summed E-state index contributed by atoms with van der Waals surface area (Å²) < 4.78 is 6.65. The third kappa shape index (κ3) is 4.89. The average Bonchev–Trinajstić information content (AvgIpc) is 2.95. The van der Waals surface area contributed by atoms with Crippen molar-refractivity contribution in [2.75, 3.05) is 26.8 Å². The maximum atomic E-state index is 11.5. The Morgan fingerprint density at radius 1 is 1.18 bits per heavy atom. The summed E-state index contributed by atoms with van der Waals surface area (Å²) in [5.74, 6) is 0. The van der Waals surface area contributed by atoms with Crippen LogP contribution in [-0.2, 0) is 18.2 Å². The molecule has 1 aromatic carbocycles. The van der Waals surface area contributed by atoms with Gasteiger partial charge in [0.15, 0.2) is 0 Å². The van der Waals surface area contributed by atoms with Crippen molar-refractivity contribution in [3.63, 3.8) is 0 Å². The van der Waals surface area contributed by atoms with Crippen LogP contribution in [0.3, 0.4) is 0 Å². The molecular weight excluding hydrogens is 280 g/mol. The second-order valence-electron chi connectivity index (χ2n) is 5.03. The Morgan fingerprint density at radius 3 is 2.55 bits per heavy atom. The van der Waals surface area contributed by atoms with Crippen LogP contribution in [0.5, 0.6) is 0 Å². The molecule has 2 amide bonds. The van der Waals surface area contributed by atoms with Crippen molar-refractivity contribution in [1.82, 2.24) is 20.4 Å². The molecule has 0 atom stereocenters. The van der Waals surface area contributed by atoms with Gasteiger partial charge >= 0.3 is 6.03 Å². The van der Waals surface area contributed by atoms with E-state index in [1.165, 1.54) is 5.56 Å². The van der Waals surface area contributed by atoms with Crippen molar-refractivity contribution < 1.29 is 9.53 Å². The van der Waals surface area contributed by atoms with Crippen LogP contribution >= 0.6 is 0 Å². The van der Waals surface area contributed by atoms with Crippen molar-refractivity contribution >= 4 is 6.03 Å². The van der Waals surface area contributed by atoms with Gasteiger partial charge in [-0.25, -0.2) is 4.79 Å². The van der Waals surface area contributed by atoms with Gasteiger partial charge in [0.2, 0.25) is 0 Å². The second kappa shape index (κ2) is 8.19. The van der Waals surface area contributed by atoms with E-state index in [0.717, 1.165) is 17.5 Å². The number of amides is 2. The van der Waals surface area contributed by atoms with Crippen LogP contribution < -0.4 is 10.6 Å². The van der Waals surface area contributed by atoms with Gasteiger partial charge in [-0.3, -0.25) is 4.68 Å². The Labute approximate surface area is 130 Å². The van der Waals surface area contributed by atoms with Gasteiger partial charge in [0.05, 0.1) is 12.8 Å². The van der Waals surface area contributed by atoms with E-state index in [9.17, 15) is 4.79 Å². The maximum absolute atomic E-state index is 11.5. The number of carbonyl (C=O) groups is 1. The van der Waals surface area contributed by atoms with Crippen molar-refractivity contribution in [3.05, 3.63) is 42.2 Å². The molecule has 0 saturated carbocycles. The third-order valence-electron chi connectivity index (χ3n) is 3.28. The topological polar surface area (TPSA) is 68.2 Å². The number of carbonyl (C=O) groups excluding carboxylic acids is 1. The molecule has 0 bridgehead atoms. The largest absolute Gasteiger partial charge is 0.383 e. The number of rotatable bonds is 7. The summed E-state index contributed by atoms with van der Waals surface area (Å²) in [7, 11) is 3.51. The van der Waals surface area contributed by atoms with Gasteiger partial charge in [-0.15, -0.1) is 0 Å². The van der Waals surface area contributed by atoms with Crippen LogP contribution in [0.25, 0.3) is 11.1 Å². The molecule has 2 aromatic rings. The lowest BCUT2D eigenvalue weighted by Crippen LogP contribution is -2.38. The number of nitrogens with zero attached hydrogens (tertiary/aromatic N) is 2. The molecule has 6 nitrogen and oxygen atoms in total. The van der Waals surface area contributed by atoms with Crippen molar-refractivity contribution in [2.24, 2.45) is 7.05 Å². The zero-order valence-electron chi connectivity index (χ0n) is 13.0. The Balaban J connectivity index is 1.76. The van der Waals surface area contributed by atoms with Crippen LogP contribution in [0.1, 0.15) is 5.56 Å². The highest BCUT2D eigenvalue weighted by molar-refractivity contribution is 5.73. The first-order valence-corrected chi connectivity index (χ1v) is 7.27. The monoisotopic (exact) mass is 302 g/mol. The fourth-order valence-corrected chi connectivity index (χ4v) is 2.08. The summed E-state index contributed by atoms with van der Waals surface area (Å²) in [5.41, 5.74) is 3.43. The first-order chi connectivity index (χ1) is 10.7. The minimum absolute atomic E-state index is 0.163. The molecule has 2 rings (SSSR count). The number of hydrogen-bond acceptors (Lipinski definition) is 3. The summed E-state index contributed by atoms with van der Waals surface area (Å²) >= 11 is 0. The summed E-state index contributed by atoms with van der Waals surface area (Å²) in [6, 6.07) is 8.14. The van der Waals surface area contributed by atoms with Crippen LogP contribution in [-0.4, -0.2) is 42.6 Å². The lowest BCUT2D eigenvalue weighted by Gasteiger charge is -2.07. The minimum atomic E-state index is -0.163. The van der Waals surface area contributed by atoms with Crippen LogP contribution in [0.15, 0.2) is 36.7 Å². The summed E-state index contributed by atoms with van der Waals surface area (Å²) in [6.07, 6.45) is 4.63. The highest BCUT2D eigenvalue weighted by atomic mass is 16.5. The number of benzene rings is 1. The molecule has 22 heavy (non-hydrogen) atoms. The maximum Gasteiger partial charge on any atom is 0.314 e. The molecule has 0 radical (unpaired) electrons. The zero-order valence-corrected chi connectivity index (χ0v) is 13.0. The van der Waals surface area contributed by atoms with Crippen molar-refractivity contribution in [3.8, 4) is 11.1 Å². The molecule has 0 unspecified atom stereocenters. The molecule has 0 aliphatic carbocycles. The van der Waals surface area contributed by atoms with Gasteiger partial charge in [0, 0.05) is 39.0 Å². The number of ether oxygens (including phenoxy) is 1. The highest BCUT2D eigenvalue weighted by Crippen LogP contribution is 2.18. The van der Waals surface area contributed by atoms with E-state index in [1.54, 1.807) is 11.8 Å². The van der Waals surface area contributed by atoms with E-state index in [4.69, 9.17) is 4.74 Å². The standard InChI is InChI=1S/C16H22N4O2/c1-20-12-15(11-19-20)14-5-3-13(4-6-14)7-8-17-16(21)18-9-10-22-2/h3-6,11-12H,7-10H2,1-2H3,(H2,17,18,21). The molecule has 1 heterocycles. The summed E-state index contributed by atoms with van der Waals surface area (Å²) in [4.78, 5) is 11.5. The number of hydrogen-bond donors (Lipinski definition) is 2. The molecule has 0 saturated heterocycles. The normalized spacial score (nSPS) is 10.5. The van der Waals surface area contributed by atoms with Gasteiger partial charge in [-0.1, -0.05) is 24.3 Å². The molecular formula is C16H22N4O2. The molecule has 0 fully saturated rings. The van der Waals surface area contributed by atoms with Gasteiger partial charge < -0.3 is 15.4 Å². The van der Waals surface area contributed by atoms with Gasteiger partial charge in [-0.05, 0) is 17.5 Å². The van der Waals surface area contributed by atoms with Crippen molar-refractivity contribution in [2.45, 2.75) is 6.42 Å². The predicted molar refractivity (Wildman–Crippen MR) is 85.6 cm³/mol. The quantitative estimate of drug-likeness (QED) is 0.763. The first kappa shape index (κ1) is 16.0. The fourth-order valence-electron chi connectivity index (χ4n) is 2.08. The molecule has 0 spiro atoms. The van der Waals surface area contributed by atoms with Crippen LogP contribution in [0.2, 0.25) is 0 Å². The molecule has 6 heteroatoms. The lowest BCUT2D eigenvalue weighted by molar-refractivity contribution is 0.196. The second-order valence-corrected chi connectivity index (χ2v) is 5.03. The van der Waals surface area contributed by atoms with Crippen LogP contribution in [0.4, 0.5) is 4.79 Å². The zero-order chi connectivity index (χ0) is 15.8. The van der Waals surface area contributed by atoms with E-state index >= 15 is 0 Å². The Hall–Kier alpha value is -2.34. The van der Waals surface area contributed by atoms with E-state index in [1.807, 2.05) is 19.4 Å². The highest BCUT2D eigenvalue weighted by Gasteiger charge is 2.02. The number of aromatic nitrogens is 2. The van der Waals surface area contributed by atoms with E-state index < -0.39 is 0 Å². The minimum Gasteiger partial charge on any atom is -0.383 e. The molecule has 1 aromatic heterocycles. The average molecular weight is 302 g/mol. The van der Waals surface area contributed by atoms with E-state index in [2.05, 4.69) is 40.0 Å². The number of nitrogens with one attached hydrogen (secondary N) is 2. The number of aryl methyl sites for hydroxylation is 1. The van der Waals surface area contributed by atoms with Gasteiger partial charge in [-0.2, -0.15) is 5.10 Å². The smallest absolute Gasteiger partial charge is 0.314 e. The molecule has 118 valence electrons. The Kier molecular flexibility index (Phi) is 5.97. The van der Waals surface area contributed by atoms with E-state index in [0.29, 0.717) is 19.7 Å². The SMILES string of the molecule is COCCNC(=O)NCCc1ccc(-c2cnn(C)c2)cc1. The summed E-state index contributed by atoms with van der Waals surface area (Å²) in [5, 5.41) is 9.71. The molecule has 0 aliphatic rings. The Bertz CT molecular complexity index is 592. The van der Waals surface area contributed by atoms with Gasteiger partial charge in [0.1, 0.15) is 0 Å². The van der Waals surface area contributed by atoms with Gasteiger partial charge in [0.25, 0.3) is 0 Å². The van der Waals surface area contributed by atoms with Crippen molar-refractivity contribution in [1.29, 1.82) is 0 Å². The fraction of sp³-hybridized carbons (Fsp3) is 0.375. The number of methoxy groups -OCH3 is 1. The molecule has 2 N–H and O–H groups in total. The first-order valence-electron chi connectivity index (χ1n) is 7.27. The third-order valence-corrected chi connectivity index (χ3v) is 3.28. The Morgan fingerprint density at radius 2 is 1.91 bits per heavy atom. The van der Waals surface area contributed by atoms with Crippen LogP contribution in [0, 0.1) is 0 Å². The summed E-state index contributed by atoms with van der Waals surface area (Å²) in [6.45, 7) is 1.64. The number of urea groups is 1. The lowest BCUT2D eigenvalue weighted by atomic mass is 10.1. The molecule has 0 aliphatic heterocycles.